The van der Waals surface area contributed by atoms with E-state index in [-0.39, 0.29) is 24.2 Å². The molecule has 35 heavy (non-hydrogen) atoms. The van der Waals surface area contributed by atoms with Crippen LogP contribution < -0.4 is 9.47 Å². The number of rotatable bonds is 7. The van der Waals surface area contributed by atoms with Gasteiger partial charge in [0.15, 0.2) is 0 Å². The molecule has 0 N–H and O–H groups in total. The predicted molar refractivity (Wildman–Crippen MR) is 130 cm³/mol. The van der Waals surface area contributed by atoms with Gasteiger partial charge in [0.2, 0.25) is 0 Å². The van der Waals surface area contributed by atoms with Crippen molar-refractivity contribution in [3.63, 3.8) is 0 Å². The van der Waals surface area contributed by atoms with Gasteiger partial charge in [-0.15, -0.1) is 0 Å². The number of amides is 2. The fraction of sp³-hybridized carbons (Fsp3) is 0.222. The van der Waals surface area contributed by atoms with E-state index in [1.165, 1.54) is 22.0 Å². The first-order valence-corrected chi connectivity index (χ1v) is 11.1. The van der Waals surface area contributed by atoms with Crippen LogP contribution in [0.25, 0.3) is 0 Å². The highest BCUT2D eigenvalue weighted by atomic mass is 19.1. The third-order valence-electron chi connectivity index (χ3n) is 5.90. The van der Waals surface area contributed by atoms with E-state index in [9.17, 15) is 14.0 Å². The second-order valence-electron chi connectivity index (χ2n) is 8.14. The van der Waals surface area contributed by atoms with Crippen molar-refractivity contribution in [3.8, 4) is 11.5 Å². The van der Waals surface area contributed by atoms with Gasteiger partial charge in [0.05, 0.1) is 26.0 Å². The van der Waals surface area contributed by atoms with Gasteiger partial charge in [0.25, 0.3) is 11.8 Å². The van der Waals surface area contributed by atoms with Crippen LogP contribution in [0.4, 0.5) is 4.39 Å². The molecule has 2 amide bonds. The minimum absolute atomic E-state index is 0.170. The summed E-state index contributed by atoms with van der Waals surface area (Å²) in [5.74, 6) is 0.285. The van der Waals surface area contributed by atoms with Crippen LogP contribution in [0.3, 0.4) is 0 Å². The third-order valence-corrected chi connectivity index (χ3v) is 5.90. The van der Waals surface area contributed by atoms with Crippen molar-refractivity contribution in [2.45, 2.75) is 12.5 Å². The first-order chi connectivity index (χ1) is 16.9. The summed E-state index contributed by atoms with van der Waals surface area (Å²) in [5.41, 5.74) is 2.62. The van der Waals surface area contributed by atoms with Crippen LogP contribution in [0, 0.1) is 5.82 Å². The second-order valence-corrected chi connectivity index (χ2v) is 8.14. The highest BCUT2D eigenvalue weighted by Crippen LogP contribution is 2.37. The van der Waals surface area contributed by atoms with Gasteiger partial charge >= 0.3 is 0 Å². The molecular weight excluding hydrogens is 449 g/mol. The number of nitrogens with zero attached hydrogens (tertiary/aromatic N) is 3. The predicted octanol–water partition coefficient (Wildman–Crippen LogP) is 4.29. The van der Waals surface area contributed by atoms with Crippen LogP contribution >= 0.6 is 0 Å². The van der Waals surface area contributed by atoms with E-state index in [1.54, 1.807) is 57.7 Å². The van der Waals surface area contributed by atoms with Crippen molar-refractivity contribution in [2.75, 3.05) is 27.8 Å². The summed E-state index contributed by atoms with van der Waals surface area (Å²) >= 11 is 0. The Hall–Kier alpha value is -4.20. The average Bonchev–Trinajstić information content (AvgIpc) is 3.34. The molecule has 0 fully saturated rings. The van der Waals surface area contributed by atoms with E-state index in [0.29, 0.717) is 29.2 Å². The summed E-state index contributed by atoms with van der Waals surface area (Å²) < 4.78 is 24.1. The van der Waals surface area contributed by atoms with E-state index in [1.807, 2.05) is 24.3 Å². The van der Waals surface area contributed by atoms with Gasteiger partial charge in [-0.3, -0.25) is 9.59 Å². The molecule has 1 atom stereocenters. The molecule has 1 aliphatic rings. The molecule has 0 saturated heterocycles. The Morgan fingerprint density at radius 2 is 1.69 bits per heavy atom. The van der Waals surface area contributed by atoms with E-state index in [0.717, 1.165) is 11.1 Å². The lowest BCUT2D eigenvalue weighted by atomic mass is 9.97. The molecule has 1 aliphatic heterocycles. The van der Waals surface area contributed by atoms with E-state index < -0.39 is 6.04 Å². The van der Waals surface area contributed by atoms with Crippen molar-refractivity contribution in [1.29, 1.82) is 0 Å². The molecule has 3 aromatic carbocycles. The minimum Gasteiger partial charge on any atom is -0.497 e. The second kappa shape index (κ2) is 10.4. The van der Waals surface area contributed by atoms with Crippen molar-refractivity contribution >= 4 is 17.5 Å². The monoisotopic (exact) mass is 475 g/mol. The molecule has 7 nitrogen and oxygen atoms in total. The fourth-order valence-corrected chi connectivity index (χ4v) is 4.04. The number of para-hydroxylation sites is 1. The number of likely N-dealkylation sites (N-methyl/N-ethyl adjacent to an activating group) is 1. The normalized spacial score (nSPS) is 14.9. The van der Waals surface area contributed by atoms with Gasteiger partial charge in [-0.05, 0) is 48.0 Å². The van der Waals surface area contributed by atoms with Crippen LogP contribution in [0.1, 0.15) is 33.9 Å². The molecule has 0 aliphatic carbocycles. The highest BCUT2D eigenvalue weighted by molar-refractivity contribution is 6.03. The zero-order chi connectivity index (χ0) is 24.9. The van der Waals surface area contributed by atoms with E-state index in [2.05, 4.69) is 5.10 Å². The number of hydrogen-bond donors (Lipinski definition) is 0. The quantitative estimate of drug-likeness (QED) is 0.511. The number of hydrazone groups is 1. The van der Waals surface area contributed by atoms with Gasteiger partial charge in [-0.25, -0.2) is 9.40 Å². The molecule has 3 aromatic rings. The lowest BCUT2D eigenvalue weighted by Gasteiger charge is -2.26. The Bertz CT molecular complexity index is 1240. The molecule has 8 heteroatoms. The molecule has 0 saturated carbocycles. The maximum absolute atomic E-state index is 13.5. The highest BCUT2D eigenvalue weighted by Gasteiger charge is 2.35. The summed E-state index contributed by atoms with van der Waals surface area (Å²) in [6.45, 7) is -0.170. The van der Waals surface area contributed by atoms with Gasteiger partial charge < -0.3 is 14.4 Å². The van der Waals surface area contributed by atoms with Crippen molar-refractivity contribution in [1.82, 2.24) is 9.91 Å². The van der Waals surface area contributed by atoms with Gasteiger partial charge in [-0.1, -0.05) is 30.3 Å². The maximum Gasteiger partial charge on any atom is 0.262 e. The number of benzene rings is 3. The van der Waals surface area contributed by atoms with Gasteiger partial charge in [0, 0.05) is 24.6 Å². The third kappa shape index (κ3) is 5.16. The number of ether oxygens (including phenoxy) is 2. The van der Waals surface area contributed by atoms with Crippen LogP contribution in [-0.4, -0.2) is 55.2 Å². The van der Waals surface area contributed by atoms with Gasteiger partial charge in [-0.2, -0.15) is 5.10 Å². The topological polar surface area (TPSA) is 71.4 Å². The lowest BCUT2D eigenvalue weighted by molar-refractivity contribution is -0.133. The van der Waals surface area contributed by atoms with E-state index >= 15 is 0 Å². The van der Waals surface area contributed by atoms with E-state index in [4.69, 9.17) is 9.47 Å². The first-order valence-electron chi connectivity index (χ1n) is 11.1. The molecule has 0 spiro atoms. The van der Waals surface area contributed by atoms with Crippen LogP contribution in [-0.2, 0) is 4.79 Å². The molecule has 0 aromatic heterocycles. The summed E-state index contributed by atoms with van der Waals surface area (Å²) in [6.07, 6.45) is 0.424. The lowest BCUT2D eigenvalue weighted by Crippen LogP contribution is -2.39. The Kier molecular flexibility index (Phi) is 7.10. The Morgan fingerprint density at radius 3 is 2.34 bits per heavy atom. The largest absolute Gasteiger partial charge is 0.497 e. The summed E-state index contributed by atoms with van der Waals surface area (Å²) in [6, 6.07) is 19.7. The number of carbonyl (C=O) groups excluding carboxylic acids is 2. The number of carbonyl (C=O) groups is 2. The van der Waals surface area contributed by atoms with Gasteiger partial charge in [0.1, 0.15) is 23.9 Å². The van der Waals surface area contributed by atoms with Crippen LogP contribution in [0.2, 0.25) is 0 Å². The standard InChI is InChI=1S/C27H26FN3O4/c1-30(27(33)19-10-14-21(34-2)15-11-19)17-26(32)31-24(22-6-4-5-7-25(22)35-3)16-23(29-31)18-8-12-20(28)13-9-18/h4-15,24H,16-17H2,1-3H3/t24-/m1/s1. The van der Waals surface area contributed by atoms with Crippen LogP contribution in [0.15, 0.2) is 77.9 Å². The summed E-state index contributed by atoms with van der Waals surface area (Å²) in [5, 5.41) is 5.99. The Morgan fingerprint density at radius 1 is 1.00 bits per heavy atom. The molecular formula is C27H26FN3O4. The zero-order valence-electron chi connectivity index (χ0n) is 19.8. The molecule has 0 radical (unpaired) electrons. The molecule has 0 unspecified atom stereocenters. The Balaban J connectivity index is 1.60. The number of methoxy groups -OCH3 is 2. The molecule has 1 heterocycles. The van der Waals surface area contributed by atoms with Crippen molar-refractivity contribution in [3.05, 3.63) is 95.3 Å². The Labute approximate surface area is 203 Å². The average molecular weight is 476 g/mol. The molecule has 4 rings (SSSR count). The van der Waals surface area contributed by atoms with Crippen molar-refractivity contribution < 1.29 is 23.5 Å². The molecule has 180 valence electrons. The SMILES string of the molecule is COc1ccc(C(=O)N(C)CC(=O)N2N=C(c3ccc(F)cc3)C[C@@H]2c2ccccc2OC)cc1. The minimum atomic E-state index is -0.428. The smallest absolute Gasteiger partial charge is 0.262 e. The molecule has 0 bridgehead atoms. The fourth-order valence-electron chi connectivity index (χ4n) is 4.04. The van der Waals surface area contributed by atoms with Crippen LogP contribution in [0.5, 0.6) is 11.5 Å². The first kappa shape index (κ1) is 23.9. The van der Waals surface area contributed by atoms with Crippen molar-refractivity contribution in [2.24, 2.45) is 5.10 Å². The number of halogens is 1. The zero-order valence-corrected chi connectivity index (χ0v) is 19.8. The number of hydrogen-bond acceptors (Lipinski definition) is 5. The summed E-state index contributed by atoms with van der Waals surface area (Å²) in [4.78, 5) is 27.7. The maximum atomic E-state index is 13.5. The summed E-state index contributed by atoms with van der Waals surface area (Å²) in [7, 11) is 4.70.